The third kappa shape index (κ3) is 2.12. The Kier molecular flexibility index (Phi) is 2.91. The summed E-state index contributed by atoms with van der Waals surface area (Å²) in [4.78, 5) is 4.11. The van der Waals surface area contributed by atoms with Crippen LogP contribution in [0.3, 0.4) is 0 Å². The molecule has 0 aliphatic heterocycles. The Labute approximate surface area is 72.8 Å². The van der Waals surface area contributed by atoms with E-state index in [1.165, 1.54) is 0 Å². The standard InChI is InChI=1S/C9H14N2O/c1-7(2)12-8-5-4-6-11-9(8)10-3/h4-7H,1-3H3,(H,10,11). The highest BCUT2D eigenvalue weighted by Gasteiger charge is 2.02. The van der Waals surface area contributed by atoms with Gasteiger partial charge in [-0.2, -0.15) is 0 Å². The van der Waals surface area contributed by atoms with E-state index in [9.17, 15) is 0 Å². The van der Waals surface area contributed by atoms with Gasteiger partial charge in [0.25, 0.3) is 0 Å². The van der Waals surface area contributed by atoms with Gasteiger partial charge in [0.05, 0.1) is 6.10 Å². The molecule has 1 heterocycles. The van der Waals surface area contributed by atoms with Crippen LogP contribution < -0.4 is 10.1 Å². The third-order valence-corrected chi connectivity index (χ3v) is 1.37. The second-order valence-electron chi connectivity index (χ2n) is 2.77. The summed E-state index contributed by atoms with van der Waals surface area (Å²) in [6.07, 6.45) is 1.92. The molecule has 1 aromatic rings. The van der Waals surface area contributed by atoms with Crippen molar-refractivity contribution in [2.24, 2.45) is 0 Å². The minimum Gasteiger partial charge on any atom is -0.487 e. The molecule has 3 heteroatoms. The number of pyridine rings is 1. The van der Waals surface area contributed by atoms with Crippen molar-refractivity contribution in [2.75, 3.05) is 12.4 Å². The zero-order chi connectivity index (χ0) is 8.97. The number of aromatic nitrogens is 1. The van der Waals surface area contributed by atoms with Gasteiger partial charge in [0.2, 0.25) is 0 Å². The second kappa shape index (κ2) is 3.95. The van der Waals surface area contributed by atoms with Gasteiger partial charge in [-0.15, -0.1) is 0 Å². The predicted molar refractivity (Wildman–Crippen MR) is 49.5 cm³/mol. The molecule has 0 fully saturated rings. The van der Waals surface area contributed by atoms with Crippen LogP contribution in [0.2, 0.25) is 0 Å². The molecule has 0 saturated heterocycles. The molecule has 0 saturated carbocycles. The summed E-state index contributed by atoms with van der Waals surface area (Å²) in [5.41, 5.74) is 0. The molecule has 0 amide bonds. The average Bonchev–Trinajstić information content (AvgIpc) is 2.04. The van der Waals surface area contributed by atoms with Crippen LogP contribution >= 0.6 is 0 Å². The smallest absolute Gasteiger partial charge is 0.168 e. The molecule has 0 aliphatic rings. The Bertz CT molecular complexity index is 248. The highest BCUT2D eigenvalue weighted by molar-refractivity contribution is 5.48. The first-order valence-corrected chi connectivity index (χ1v) is 4.03. The average molecular weight is 166 g/mol. The lowest BCUT2D eigenvalue weighted by Crippen LogP contribution is -2.07. The molecule has 0 aromatic carbocycles. The molecular weight excluding hydrogens is 152 g/mol. The van der Waals surface area contributed by atoms with E-state index >= 15 is 0 Å². The largest absolute Gasteiger partial charge is 0.487 e. The molecule has 1 N–H and O–H groups in total. The first kappa shape index (κ1) is 8.84. The topological polar surface area (TPSA) is 34.2 Å². The maximum atomic E-state index is 5.51. The SMILES string of the molecule is CNc1ncccc1OC(C)C. The van der Waals surface area contributed by atoms with Gasteiger partial charge < -0.3 is 10.1 Å². The van der Waals surface area contributed by atoms with E-state index in [0.717, 1.165) is 11.6 Å². The highest BCUT2D eigenvalue weighted by atomic mass is 16.5. The number of nitrogens with one attached hydrogen (secondary N) is 1. The summed E-state index contributed by atoms with van der Waals surface area (Å²) in [7, 11) is 1.83. The maximum Gasteiger partial charge on any atom is 0.168 e. The predicted octanol–water partition coefficient (Wildman–Crippen LogP) is 1.91. The Morgan fingerprint density at radius 3 is 2.83 bits per heavy atom. The fourth-order valence-corrected chi connectivity index (χ4v) is 0.927. The molecular formula is C9H14N2O. The molecule has 3 nitrogen and oxygen atoms in total. The molecule has 0 atom stereocenters. The van der Waals surface area contributed by atoms with E-state index < -0.39 is 0 Å². The lowest BCUT2D eigenvalue weighted by atomic mass is 10.4. The summed E-state index contributed by atoms with van der Waals surface area (Å²) >= 11 is 0. The van der Waals surface area contributed by atoms with Crippen molar-refractivity contribution < 1.29 is 4.74 Å². The number of ether oxygens (including phenoxy) is 1. The molecule has 12 heavy (non-hydrogen) atoms. The summed E-state index contributed by atoms with van der Waals surface area (Å²) < 4.78 is 5.51. The molecule has 0 unspecified atom stereocenters. The quantitative estimate of drug-likeness (QED) is 0.744. The van der Waals surface area contributed by atoms with E-state index in [-0.39, 0.29) is 6.10 Å². The number of hydrogen-bond donors (Lipinski definition) is 1. The van der Waals surface area contributed by atoms with Gasteiger partial charge in [-0.05, 0) is 26.0 Å². The van der Waals surface area contributed by atoms with E-state index in [0.29, 0.717) is 0 Å². The Balaban J connectivity index is 2.82. The zero-order valence-corrected chi connectivity index (χ0v) is 7.66. The van der Waals surface area contributed by atoms with Crippen LogP contribution in [0.15, 0.2) is 18.3 Å². The highest BCUT2D eigenvalue weighted by Crippen LogP contribution is 2.20. The van der Waals surface area contributed by atoms with E-state index in [1.807, 2.05) is 33.0 Å². The first-order valence-electron chi connectivity index (χ1n) is 4.03. The van der Waals surface area contributed by atoms with Crippen LogP contribution in [-0.2, 0) is 0 Å². The molecule has 1 rings (SSSR count). The minimum absolute atomic E-state index is 0.182. The fraction of sp³-hybridized carbons (Fsp3) is 0.444. The summed E-state index contributed by atoms with van der Waals surface area (Å²) in [5.74, 6) is 1.58. The molecule has 1 aromatic heterocycles. The Hall–Kier alpha value is -1.25. The monoisotopic (exact) mass is 166 g/mol. The number of anilines is 1. The van der Waals surface area contributed by atoms with Crippen LogP contribution in [0.5, 0.6) is 5.75 Å². The van der Waals surface area contributed by atoms with Gasteiger partial charge in [-0.1, -0.05) is 0 Å². The minimum atomic E-state index is 0.182. The number of nitrogens with zero attached hydrogens (tertiary/aromatic N) is 1. The summed E-state index contributed by atoms with van der Waals surface area (Å²) in [6, 6.07) is 3.76. The van der Waals surface area contributed by atoms with Crippen LogP contribution in [-0.4, -0.2) is 18.1 Å². The first-order chi connectivity index (χ1) is 5.74. The zero-order valence-electron chi connectivity index (χ0n) is 7.66. The van der Waals surface area contributed by atoms with Gasteiger partial charge >= 0.3 is 0 Å². The summed E-state index contributed by atoms with van der Waals surface area (Å²) in [6.45, 7) is 3.98. The third-order valence-electron chi connectivity index (χ3n) is 1.37. The van der Waals surface area contributed by atoms with E-state index in [1.54, 1.807) is 6.20 Å². The van der Waals surface area contributed by atoms with Gasteiger partial charge in [-0.25, -0.2) is 4.98 Å². The van der Waals surface area contributed by atoms with Crippen molar-refractivity contribution in [3.05, 3.63) is 18.3 Å². The van der Waals surface area contributed by atoms with Crippen LogP contribution in [0.4, 0.5) is 5.82 Å². The molecule has 0 spiro atoms. The Morgan fingerprint density at radius 2 is 2.25 bits per heavy atom. The van der Waals surface area contributed by atoms with Gasteiger partial charge in [0.1, 0.15) is 0 Å². The van der Waals surface area contributed by atoms with Crippen molar-refractivity contribution in [2.45, 2.75) is 20.0 Å². The van der Waals surface area contributed by atoms with Crippen molar-refractivity contribution >= 4 is 5.82 Å². The number of rotatable bonds is 3. The van der Waals surface area contributed by atoms with Crippen molar-refractivity contribution in [1.29, 1.82) is 0 Å². The van der Waals surface area contributed by atoms with Crippen molar-refractivity contribution in [1.82, 2.24) is 4.98 Å². The van der Waals surface area contributed by atoms with Gasteiger partial charge in [0.15, 0.2) is 11.6 Å². The fourth-order valence-electron chi connectivity index (χ4n) is 0.927. The molecule has 0 bridgehead atoms. The van der Waals surface area contributed by atoms with Crippen LogP contribution in [0.1, 0.15) is 13.8 Å². The molecule has 0 radical (unpaired) electrons. The number of hydrogen-bond acceptors (Lipinski definition) is 3. The summed E-state index contributed by atoms with van der Waals surface area (Å²) in [5, 5.41) is 2.96. The van der Waals surface area contributed by atoms with Crippen LogP contribution in [0, 0.1) is 0 Å². The maximum absolute atomic E-state index is 5.51. The second-order valence-corrected chi connectivity index (χ2v) is 2.77. The van der Waals surface area contributed by atoms with E-state index in [2.05, 4.69) is 10.3 Å². The van der Waals surface area contributed by atoms with Crippen LogP contribution in [0.25, 0.3) is 0 Å². The van der Waals surface area contributed by atoms with Crippen molar-refractivity contribution in [3.8, 4) is 5.75 Å². The van der Waals surface area contributed by atoms with Gasteiger partial charge in [0, 0.05) is 13.2 Å². The lowest BCUT2D eigenvalue weighted by molar-refractivity contribution is 0.243. The lowest BCUT2D eigenvalue weighted by Gasteiger charge is -2.12. The normalized spacial score (nSPS) is 10.0. The van der Waals surface area contributed by atoms with E-state index in [4.69, 9.17) is 4.74 Å². The molecule has 66 valence electrons. The Morgan fingerprint density at radius 1 is 1.50 bits per heavy atom. The van der Waals surface area contributed by atoms with Gasteiger partial charge in [-0.3, -0.25) is 0 Å². The van der Waals surface area contributed by atoms with Crippen molar-refractivity contribution in [3.63, 3.8) is 0 Å². The molecule has 0 aliphatic carbocycles.